The fraction of sp³-hybridized carbons (Fsp3) is 0.714. The minimum atomic E-state index is -2.64. The molecule has 1 aromatic rings. The third kappa shape index (κ3) is 1.78. The summed E-state index contributed by atoms with van der Waals surface area (Å²) in [6.45, 7) is 1.27. The SMILES string of the molecule is CCC(C)c1cnn(C(F)F)n1. The van der Waals surface area contributed by atoms with Gasteiger partial charge in [0.25, 0.3) is 0 Å². The molecule has 1 aromatic heterocycles. The maximum Gasteiger partial charge on any atom is 0.348 e. The highest BCUT2D eigenvalue weighted by Crippen LogP contribution is 2.16. The summed E-state index contributed by atoms with van der Waals surface area (Å²) in [7, 11) is 0. The summed E-state index contributed by atoms with van der Waals surface area (Å²) in [5, 5.41) is 7.08. The zero-order chi connectivity index (χ0) is 9.14. The van der Waals surface area contributed by atoms with E-state index in [1.165, 1.54) is 6.20 Å². The first-order valence-corrected chi connectivity index (χ1v) is 3.85. The molecule has 0 radical (unpaired) electrons. The first-order chi connectivity index (χ1) is 5.65. The molecule has 12 heavy (non-hydrogen) atoms. The third-order valence-electron chi connectivity index (χ3n) is 1.82. The molecule has 3 nitrogen and oxygen atoms in total. The van der Waals surface area contributed by atoms with Gasteiger partial charge in [-0.3, -0.25) is 0 Å². The van der Waals surface area contributed by atoms with Crippen LogP contribution in [0.5, 0.6) is 0 Å². The fourth-order valence-corrected chi connectivity index (χ4v) is 0.817. The van der Waals surface area contributed by atoms with Gasteiger partial charge in [-0.1, -0.05) is 13.8 Å². The molecule has 0 fully saturated rings. The van der Waals surface area contributed by atoms with Crippen molar-refractivity contribution in [3.05, 3.63) is 11.9 Å². The Kier molecular flexibility index (Phi) is 2.73. The van der Waals surface area contributed by atoms with Crippen molar-refractivity contribution in [2.24, 2.45) is 0 Å². The van der Waals surface area contributed by atoms with Crippen LogP contribution in [-0.2, 0) is 0 Å². The average molecular weight is 175 g/mol. The van der Waals surface area contributed by atoms with E-state index in [0.29, 0.717) is 10.5 Å². The number of aromatic nitrogens is 3. The van der Waals surface area contributed by atoms with Crippen LogP contribution in [0.3, 0.4) is 0 Å². The molecular formula is C7H11F2N3. The smallest absolute Gasteiger partial charge is 0.182 e. The van der Waals surface area contributed by atoms with Gasteiger partial charge in [-0.25, -0.2) is 0 Å². The Labute approximate surface area is 69.4 Å². The van der Waals surface area contributed by atoms with Gasteiger partial charge in [0.05, 0.1) is 11.9 Å². The molecule has 0 saturated carbocycles. The Morgan fingerprint density at radius 2 is 2.25 bits per heavy atom. The van der Waals surface area contributed by atoms with Gasteiger partial charge in [0, 0.05) is 5.92 Å². The Bertz CT molecular complexity index is 247. The molecule has 1 heterocycles. The van der Waals surface area contributed by atoms with Crippen molar-refractivity contribution in [2.75, 3.05) is 0 Å². The van der Waals surface area contributed by atoms with Gasteiger partial charge >= 0.3 is 6.55 Å². The standard InChI is InChI=1S/C7H11F2N3/c1-3-5(2)6-4-10-12(11-6)7(8)9/h4-5,7H,3H2,1-2H3. The highest BCUT2D eigenvalue weighted by Gasteiger charge is 2.12. The van der Waals surface area contributed by atoms with Gasteiger partial charge in [-0.15, -0.1) is 4.80 Å². The molecule has 0 saturated heterocycles. The Hall–Kier alpha value is -1.00. The predicted octanol–water partition coefficient (Wildman–Crippen LogP) is 2.19. The van der Waals surface area contributed by atoms with Crippen LogP contribution < -0.4 is 0 Å². The van der Waals surface area contributed by atoms with Crippen molar-refractivity contribution in [3.8, 4) is 0 Å². The highest BCUT2D eigenvalue weighted by molar-refractivity contribution is 4.98. The molecular weight excluding hydrogens is 164 g/mol. The van der Waals surface area contributed by atoms with E-state index in [1.54, 1.807) is 0 Å². The zero-order valence-corrected chi connectivity index (χ0v) is 7.04. The molecule has 0 bridgehead atoms. The Morgan fingerprint density at radius 1 is 1.58 bits per heavy atom. The summed E-state index contributed by atoms with van der Waals surface area (Å²) in [6, 6.07) is 0. The number of rotatable bonds is 3. The molecule has 0 aromatic carbocycles. The second kappa shape index (κ2) is 3.60. The summed E-state index contributed by atoms with van der Waals surface area (Å²) in [6.07, 6.45) is 2.27. The van der Waals surface area contributed by atoms with Crippen molar-refractivity contribution in [3.63, 3.8) is 0 Å². The quantitative estimate of drug-likeness (QED) is 0.704. The van der Waals surface area contributed by atoms with Gasteiger partial charge in [-0.05, 0) is 6.42 Å². The topological polar surface area (TPSA) is 30.7 Å². The van der Waals surface area contributed by atoms with Gasteiger partial charge in [-0.2, -0.15) is 19.0 Å². The molecule has 0 N–H and O–H groups in total. The lowest BCUT2D eigenvalue weighted by Gasteiger charge is -2.01. The van der Waals surface area contributed by atoms with Gasteiger partial charge < -0.3 is 0 Å². The first-order valence-electron chi connectivity index (χ1n) is 3.85. The normalized spacial score (nSPS) is 13.8. The van der Waals surface area contributed by atoms with Crippen LogP contribution in [0.15, 0.2) is 6.20 Å². The summed E-state index contributed by atoms with van der Waals surface area (Å²) in [4.78, 5) is 0.432. The van der Waals surface area contributed by atoms with Crippen LogP contribution in [0, 0.1) is 0 Å². The largest absolute Gasteiger partial charge is 0.348 e. The van der Waals surface area contributed by atoms with Crippen LogP contribution in [0.1, 0.15) is 38.4 Å². The number of alkyl halides is 2. The molecule has 1 rings (SSSR count). The van der Waals surface area contributed by atoms with Gasteiger partial charge in [0.15, 0.2) is 0 Å². The van der Waals surface area contributed by atoms with Crippen molar-refractivity contribution in [2.45, 2.75) is 32.7 Å². The van der Waals surface area contributed by atoms with Gasteiger partial charge in [0.2, 0.25) is 0 Å². The number of hydrogen-bond acceptors (Lipinski definition) is 2. The molecule has 5 heteroatoms. The average Bonchev–Trinajstić information content (AvgIpc) is 2.51. The van der Waals surface area contributed by atoms with E-state index >= 15 is 0 Å². The maximum absolute atomic E-state index is 12.0. The van der Waals surface area contributed by atoms with E-state index in [1.807, 2.05) is 13.8 Å². The summed E-state index contributed by atoms with van der Waals surface area (Å²) < 4.78 is 24.0. The molecule has 0 aliphatic carbocycles. The molecule has 0 amide bonds. The second-order valence-electron chi connectivity index (χ2n) is 2.68. The van der Waals surface area contributed by atoms with E-state index in [4.69, 9.17) is 0 Å². The predicted molar refractivity (Wildman–Crippen MR) is 40.0 cm³/mol. The monoisotopic (exact) mass is 175 g/mol. The second-order valence-corrected chi connectivity index (χ2v) is 2.68. The van der Waals surface area contributed by atoms with Gasteiger partial charge in [0.1, 0.15) is 0 Å². The van der Waals surface area contributed by atoms with Crippen LogP contribution in [0.4, 0.5) is 8.78 Å². The minimum Gasteiger partial charge on any atom is -0.182 e. The molecule has 0 aliphatic rings. The molecule has 0 aliphatic heterocycles. The lowest BCUT2D eigenvalue weighted by Crippen LogP contribution is -2.03. The first kappa shape index (κ1) is 9.09. The van der Waals surface area contributed by atoms with Crippen molar-refractivity contribution in [1.82, 2.24) is 15.0 Å². The Morgan fingerprint density at radius 3 is 2.67 bits per heavy atom. The maximum atomic E-state index is 12.0. The van der Waals surface area contributed by atoms with E-state index in [-0.39, 0.29) is 5.92 Å². The van der Waals surface area contributed by atoms with Crippen molar-refractivity contribution in [1.29, 1.82) is 0 Å². The summed E-state index contributed by atoms with van der Waals surface area (Å²) in [5.41, 5.74) is 0.623. The number of hydrogen-bond donors (Lipinski definition) is 0. The molecule has 0 spiro atoms. The lowest BCUT2D eigenvalue weighted by atomic mass is 10.1. The third-order valence-corrected chi connectivity index (χ3v) is 1.82. The highest BCUT2D eigenvalue weighted by atomic mass is 19.3. The number of nitrogens with zero attached hydrogens (tertiary/aromatic N) is 3. The van der Waals surface area contributed by atoms with Crippen LogP contribution >= 0.6 is 0 Å². The van der Waals surface area contributed by atoms with Crippen molar-refractivity contribution < 1.29 is 8.78 Å². The lowest BCUT2D eigenvalue weighted by molar-refractivity contribution is 0.0408. The molecule has 1 atom stereocenters. The van der Waals surface area contributed by atoms with E-state index < -0.39 is 6.55 Å². The minimum absolute atomic E-state index is 0.192. The molecule has 68 valence electrons. The van der Waals surface area contributed by atoms with E-state index in [9.17, 15) is 8.78 Å². The summed E-state index contributed by atoms with van der Waals surface area (Å²) >= 11 is 0. The van der Waals surface area contributed by atoms with Crippen molar-refractivity contribution >= 4 is 0 Å². The van der Waals surface area contributed by atoms with Crippen LogP contribution in [0.25, 0.3) is 0 Å². The summed E-state index contributed by atoms with van der Waals surface area (Å²) in [5.74, 6) is 0.192. The number of halogens is 2. The Balaban J connectivity index is 2.77. The van der Waals surface area contributed by atoms with E-state index in [0.717, 1.165) is 6.42 Å². The molecule has 1 unspecified atom stereocenters. The van der Waals surface area contributed by atoms with E-state index in [2.05, 4.69) is 10.2 Å². The van der Waals surface area contributed by atoms with Crippen LogP contribution in [-0.4, -0.2) is 15.0 Å². The van der Waals surface area contributed by atoms with Crippen LogP contribution in [0.2, 0.25) is 0 Å². The zero-order valence-electron chi connectivity index (χ0n) is 7.04. The fourth-order valence-electron chi connectivity index (χ4n) is 0.817.